The number of rotatable bonds is 9. The van der Waals surface area contributed by atoms with Crippen molar-refractivity contribution < 1.29 is 23.8 Å². The number of thiazole rings is 1. The Morgan fingerprint density at radius 2 is 1.62 bits per heavy atom. The fraction of sp³-hybridized carbons (Fsp3) is 0.227. The van der Waals surface area contributed by atoms with Gasteiger partial charge in [0.2, 0.25) is 5.91 Å². The molecule has 2 aromatic carbocycles. The largest absolute Gasteiger partial charge is 0.497 e. The molecule has 0 aliphatic carbocycles. The molecule has 3 aromatic rings. The molecule has 0 saturated carbocycles. The van der Waals surface area contributed by atoms with Gasteiger partial charge in [0, 0.05) is 16.6 Å². The Bertz CT molecular complexity index is 1070. The molecule has 0 radical (unpaired) electrons. The van der Waals surface area contributed by atoms with Gasteiger partial charge in [-0.1, -0.05) is 0 Å². The monoisotopic (exact) mass is 456 g/mol. The van der Waals surface area contributed by atoms with Crippen molar-refractivity contribution in [2.24, 2.45) is 0 Å². The van der Waals surface area contributed by atoms with Gasteiger partial charge >= 0.3 is 0 Å². The second-order valence-corrected chi connectivity index (χ2v) is 7.43. The first-order valence-corrected chi connectivity index (χ1v) is 10.5. The number of aromatic nitrogens is 1. The highest BCUT2D eigenvalue weighted by atomic mass is 32.1. The average molecular weight is 457 g/mol. The maximum Gasteiger partial charge on any atom is 0.257 e. The number of amides is 2. The van der Waals surface area contributed by atoms with Gasteiger partial charge in [-0.3, -0.25) is 20.4 Å². The number of carbonyl (C=O) groups is 2. The van der Waals surface area contributed by atoms with Crippen LogP contribution >= 0.6 is 11.3 Å². The maximum absolute atomic E-state index is 12.2. The van der Waals surface area contributed by atoms with Crippen molar-refractivity contribution in [2.45, 2.75) is 6.42 Å². The molecule has 32 heavy (non-hydrogen) atoms. The minimum absolute atomic E-state index is 0.00671. The molecular weight excluding hydrogens is 432 g/mol. The molecule has 0 bridgehead atoms. The average Bonchev–Trinajstić information content (AvgIpc) is 3.29. The Kier molecular flexibility index (Phi) is 7.87. The lowest BCUT2D eigenvalue weighted by molar-refractivity contribution is -0.127. The first-order chi connectivity index (χ1) is 15.5. The number of methoxy groups -OCH3 is 3. The molecular formula is C22H24N4O5S. The smallest absolute Gasteiger partial charge is 0.257 e. The van der Waals surface area contributed by atoms with Crippen molar-refractivity contribution in [3.05, 3.63) is 53.5 Å². The molecule has 10 heteroatoms. The van der Waals surface area contributed by atoms with E-state index in [1.807, 2.05) is 12.1 Å². The van der Waals surface area contributed by atoms with Crippen LogP contribution < -0.4 is 30.4 Å². The normalized spacial score (nSPS) is 10.2. The molecule has 9 nitrogen and oxygen atoms in total. The van der Waals surface area contributed by atoms with Gasteiger partial charge in [0.25, 0.3) is 5.91 Å². The number of hydrogen-bond acceptors (Lipinski definition) is 8. The molecule has 0 aliphatic rings. The minimum atomic E-state index is -0.376. The standard InChI is InChI=1S/C22H24N4O5S/c1-29-17-7-5-15(6-8-17)23-12-21(28)26-25-20(27)11-16-13-32-22(24-16)14-4-9-18(30-2)19(10-14)31-3/h4-10,13,23H,11-12H2,1-3H3,(H,25,27)(H,26,28). The molecule has 0 unspecified atom stereocenters. The molecule has 2 amide bonds. The van der Waals surface area contributed by atoms with Crippen LogP contribution in [-0.4, -0.2) is 44.7 Å². The third-order valence-electron chi connectivity index (χ3n) is 4.41. The lowest BCUT2D eigenvalue weighted by Gasteiger charge is -2.09. The molecule has 3 N–H and O–H groups in total. The van der Waals surface area contributed by atoms with Gasteiger partial charge in [0.05, 0.1) is 40.0 Å². The fourth-order valence-electron chi connectivity index (χ4n) is 2.77. The van der Waals surface area contributed by atoms with Gasteiger partial charge in [-0.25, -0.2) is 4.98 Å². The Labute approximate surface area is 189 Å². The minimum Gasteiger partial charge on any atom is -0.497 e. The van der Waals surface area contributed by atoms with E-state index in [2.05, 4.69) is 21.2 Å². The summed E-state index contributed by atoms with van der Waals surface area (Å²) in [4.78, 5) is 28.6. The topological polar surface area (TPSA) is 111 Å². The summed E-state index contributed by atoms with van der Waals surface area (Å²) in [6.45, 7) is 0.00671. The van der Waals surface area contributed by atoms with Gasteiger partial charge in [-0.05, 0) is 42.5 Å². The van der Waals surface area contributed by atoms with Crippen LogP contribution in [0.3, 0.4) is 0 Å². The number of benzene rings is 2. The van der Waals surface area contributed by atoms with Crippen LogP contribution in [0, 0.1) is 0 Å². The van der Waals surface area contributed by atoms with Crippen molar-refractivity contribution in [1.82, 2.24) is 15.8 Å². The van der Waals surface area contributed by atoms with E-state index in [-0.39, 0.29) is 24.8 Å². The zero-order valence-corrected chi connectivity index (χ0v) is 18.7. The predicted octanol–water partition coefficient (Wildman–Crippen LogP) is 2.64. The van der Waals surface area contributed by atoms with Gasteiger partial charge in [0.1, 0.15) is 10.8 Å². The van der Waals surface area contributed by atoms with Crippen LogP contribution in [0.25, 0.3) is 10.6 Å². The van der Waals surface area contributed by atoms with E-state index in [0.717, 1.165) is 22.0 Å². The highest BCUT2D eigenvalue weighted by molar-refractivity contribution is 7.13. The van der Waals surface area contributed by atoms with Gasteiger partial charge in [0.15, 0.2) is 11.5 Å². The zero-order valence-electron chi connectivity index (χ0n) is 17.9. The predicted molar refractivity (Wildman–Crippen MR) is 122 cm³/mol. The fourth-order valence-corrected chi connectivity index (χ4v) is 3.59. The maximum atomic E-state index is 12.2. The van der Waals surface area contributed by atoms with E-state index in [0.29, 0.717) is 17.2 Å². The van der Waals surface area contributed by atoms with Crippen LogP contribution in [0.2, 0.25) is 0 Å². The van der Waals surface area contributed by atoms with E-state index in [9.17, 15) is 9.59 Å². The molecule has 0 atom stereocenters. The Balaban J connectivity index is 1.47. The molecule has 0 fully saturated rings. The van der Waals surface area contributed by atoms with Crippen LogP contribution in [0.5, 0.6) is 17.2 Å². The summed E-state index contributed by atoms with van der Waals surface area (Å²) in [5, 5.41) is 5.52. The summed E-state index contributed by atoms with van der Waals surface area (Å²) in [7, 11) is 4.73. The summed E-state index contributed by atoms with van der Waals surface area (Å²) in [6.07, 6.45) is 0.0377. The second kappa shape index (κ2) is 11.0. The van der Waals surface area contributed by atoms with Crippen LogP contribution in [0.1, 0.15) is 5.69 Å². The molecule has 1 heterocycles. The van der Waals surface area contributed by atoms with Crippen molar-refractivity contribution in [2.75, 3.05) is 33.2 Å². The highest BCUT2D eigenvalue weighted by Gasteiger charge is 2.12. The number of anilines is 1. The van der Waals surface area contributed by atoms with E-state index in [4.69, 9.17) is 14.2 Å². The van der Waals surface area contributed by atoms with E-state index in [1.54, 1.807) is 57.0 Å². The Morgan fingerprint density at radius 1 is 0.906 bits per heavy atom. The Morgan fingerprint density at radius 3 is 2.31 bits per heavy atom. The van der Waals surface area contributed by atoms with E-state index >= 15 is 0 Å². The van der Waals surface area contributed by atoms with E-state index in [1.165, 1.54) is 11.3 Å². The highest BCUT2D eigenvalue weighted by Crippen LogP contribution is 2.33. The quantitative estimate of drug-likeness (QED) is 0.425. The van der Waals surface area contributed by atoms with Gasteiger partial charge < -0.3 is 19.5 Å². The number of carbonyl (C=O) groups excluding carboxylic acids is 2. The number of ether oxygens (including phenoxy) is 3. The summed E-state index contributed by atoms with van der Waals surface area (Å²) < 4.78 is 15.6. The lowest BCUT2D eigenvalue weighted by atomic mass is 10.2. The zero-order chi connectivity index (χ0) is 22.9. The summed E-state index contributed by atoms with van der Waals surface area (Å²) >= 11 is 1.42. The molecule has 168 valence electrons. The number of nitrogens with zero attached hydrogens (tertiary/aromatic N) is 1. The molecule has 1 aromatic heterocycles. The van der Waals surface area contributed by atoms with Crippen molar-refractivity contribution in [1.29, 1.82) is 0 Å². The third-order valence-corrected chi connectivity index (χ3v) is 5.35. The SMILES string of the molecule is COc1ccc(NCC(=O)NNC(=O)Cc2csc(-c3ccc(OC)c(OC)c3)n2)cc1. The molecule has 0 spiro atoms. The van der Waals surface area contributed by atoms with Gasteiger partial charge in [-0.15, -0.1) is 11.3 Å². The summed E-state index contributed by atoms with van der Waals surface area (Å²) in [6, 6.07) is 12.7. The molecule has 0 aliphatic heterocycles. The number of hydrogen-bond donors (Lipinski definition) is 3. The van der Waals surface area contributed by atoms with Crippen molar-refractivity contribution >= 4 is 28.8 Å². The van der Waals surface area contributed by atoms with Gasteiger partial charge in [-0.2, -0.15) is 0 Å². The Hall–Kier alpha value is -3.79. The molecule has 0 saturated heterocycles. The number of hydrazine groups is 1. The first-order valence-electron chi connectivity index (χ1n) is 9.64. The van der Waals surface area contributed by atoms with Crippen LogP contribution in [0.4, 0.5) is 5.69 Å². The van der Waals surface area contributed by atoms with Crippen molar-refractivity contribution in [3.63, 3.8) is 0 Å². The molecule has 3 rings (SSSR count). The van der Waals surface area contributed by atoms with E-state index < -0.39 is 0 Å². The van der Waals surface area contributed by atoms with Crippen molar-refractivity contribution in [3.8, 4) is 27.8 Å². The third kappa shape index (κ3) is 6.11. The summed E-state index contributed by atoms with van der Waals surface area (Å²) in [5.74, 6) is 1.21. The van der Waals surface area contributed by atoms with Crippen LogP contribution in [-0.2, 0) is 16.0 Å². The van der Waals surface area contributed by atoms with Crippen LogP contribution in [0.15, 0.2) is 47.8 Å². The lowest BCUT2D eigenvalue weighted by Crippen LogP contribution is -2.44. The number of nitrogens with one attached hydrogen (secondary N) is 3. The second-order valence-electron chi connectivity index (χ2n) is 6.57. The summed E-state index contributed by atoms with van der Waals surface area (Å²) in [5.41, 5.74) is 7.00. The first kappa shape index (κ1) is 22.9.